The molecule has 0 aromatic heterocycles. The lowest BCUT2D eigenvalue weighted by Crippen LogP contribution is -2.45. The van der Waals surface area contributed by atoms with E-state index in [1.165, 1.54) is 18.4 Å². The van der Waals surface area contributed by atoms with Crippen LogP contribution in [0.1, 0.15) is 40.2 Å². The van der Waals surface area contributed by atoms with Gasteiger partial charge in [-0.15, -0.1) is 0 Å². The van der Waals surface area contributed by atoms with Gasteiger partial charge < -0.3 is 10.5 Å². The number of rotatable bonds is 4. The van der Waals surface area contributed by atoms with Crippen LogP contribution in [0.5, 0.6) is 5.75 Å². The minimum Gasteiger partial charge on any atom is -0.492 e. The summed E-state index contributed by atoms with van der Waals surface area (Å²) in [6.07, 6.45) is 3.45. The third-order valence-corrected chi connectivity index (χ3v) is 5.48. The second-order valence-corrected chi connectivity index (χ2v) is 7.03. The Morgan fingerprint density at radius 2 is 1.88 bits per heavy atom. The summed E-state index contributed by atoms with van der Waals surface area (Å²) in [5.41, 5.74) is 8.50. The van der Waals surface area contributed by atoms with Gasteiger partial charge in [-0.2, -0.15) is 0 Å². The molecule has 2 aliphatic rings. The fourth-order valence-corrected chi connectivity index (χ4v) is 4.17. The largest absolute Gasteiger partial charge is 0.492 e. The van der Waals surface area contributed by atoms with E-state index in [1.807, 2.05) is 18.2 Å². The van der Waals surface area contributed by atoms with Crippen LogP contribution in [0.3, 0.4) is 0 Å². The van der Waals surface area contributed by atoms with Gasteiger partial charge in [0.2, 0.25) is 5.91 Å². The first-order valence-electron chi connectivity index (χ1n) is 9.07. The second kappa shape index (κ2) is 6.89. The average Bonchev–Trinajstić information content (AvgIpc) is 3.17. The van der Waals surface area contributed by atoms with Crippen LogP contribution in [0.25, 0.3) is 0 Å². The zero-order valence-electron chi connectivity index (χ0n) is 14.4. The van der Waals surface area contributed by atoms with E-state index in [4.69, 9.17) is 10.5 Å². The van der Waals surface area contributed by atoms with Crippen LogP contribution < -0.4 is 10.5 Å². The number of primary amides is 1. The van der Waals surface area contributed by atoms with Crippen molar-refractivity contribution in [2.24, 2.45) is 5.73 Å². The molecule has 4 rings (SSSR count). The van der Waals surface area contributed by atoms with Crippen molar-refractivity contribution in [3.05, 3.63) is 65.2 Å². The highest BCUT2D eigenvalue weighted by molar-refractivity contribution is 5.93. The number of nitrogens with zero attached hydrogens (tertiary/aromatic N) is 1. The van der Waals surface area contributed by atoms with Gasteiger partial charge in [0.05, 0.1) is 6.04 Å². The van der Waals surface area contributed by atoms with Gasteiger partial charge in [0.25, 0.3) is 0 Å². The van der Waals surface area contributed by atoms with Crippen LogP contribution in [0, 0.1) is 0 Å². The molecular formula is C21H24N2O2. The van der Waals surface area contributed by atoms with E-state index < -0.39 is 0 Å². The van der Waals surface area contributed by atoms with Crippen molar-refractivity contribution in [2.75, 3.05) is 19.7 Å². The maximum atomic E-state index is 11.7. The second-order valence-electron chi connectivity index (χ2n) is 7.03. The van der Waals surface area contributed by atoms with Crippen LogP contribution in [-0.2, 0) is 6.42 Å². The number of fused-ring (bicyclic) bond motifs is 1. The molecule has 1 saturated heterocycles. The topological polar surface area (TPSA) is 55.6 Å². The van der Waals surface area contributed by atoms with Crippen molar-refractivity contribution < 1.29 is 9.53 Å². The number of hydrogen-bond donors (Lipinski definition) is 1. The standard InChI is InChI=1S/C21H24N2O2/c22-21(24)16-8-9-20-18(13-16)17(12-15-6-2-1-3-7-15)19(14-25-20)23-10-4-5-11-23/h1-3,6-9,13,17,19H,4-5,10-12,14H2,(H2,22,24). The number of benzene rings is 2. The number of ether oxygens (including phenoxy) is 1. The highest BCUT2D eigenvalue weighted by Crippen LogP contribution is 2.39. The minimum atomic E-state index is -0.385. The molecule has 2 aromatic carbocycles. The molecule has 0 aliphatic carbocycles. The first-order valence-corrected chi connectivity index (χ1v) is 9.07. The molecule has 4 nitrogen and oxygen atoms in total. The smallest absolute Gasteiger partial charge is 0.248 e. The summed E-state index contributed by atoms with van der Waals surface area (Å²) in [7, 11) is 0. The quantitative estimate of drug-likeness (QED) is 0.934. The van der Waals surface area contributed by atoms with Gasteiger partial charge in [0, 0.05) is 17.0 Å². The average molecular weight is 336 g/mol. The number of amides is 1. The Bertz CT molecular complexity index is 754. The molecule has 25 heavy (non-hydrogen) atoms. The molecule has 0 radical (unpaired) electrons. The van der Waals surface area contributed by atoms with Crippen LogP contribution in [0.4, 0.5) is 0 Å². The van der Waals surface area contributed by atoms with Gasteiger partial charge in [0.1, 0.15) is 12.4 Å². The Morgan fingerprint density at radius 3 is 2.60 bits per heavy atom. The first-order chi connectivity index (χ1) is 12.2. The van der Waals surface area contributed by atoms with Crippen LogP contribution >= 0.6 is 0 Å². The minimum absolute atomic E-state index is 0.309. The summed E-state index contributed by atoms with van der Waals surface area (Å²) in [4.78, 5) is 14.2. The summed E-state index contributed by atoms with van der Waals surface area (Å²) < 4.78 is 6.06. The predicted molar refractivity (Wildman–Crippen MR) is 97.9 cm³/mol. The third-order valence-electron chi connectivity index (χ3n) is 5.48. The lowest BCUT2D eigenvalue weighted by molar-refractivity contribution is 0.0998. The van der Waals surface area contributed by atoms with Crippen molar-refractivity contribution in [3.63, 3.8) is 0 Å². The van der Waals surface area contributed by atoms with Gasteiger partial charge in [0.15, 0.2) is 0 Å². The van der Waals surface area contributed by atoms with Gasteiger partial charge in [-0.25, -0.2) is 0 Å². The summed E-state index contributed by atoms with van der Waals surface area (Å²) in [6, 6.07) is 16.5. The van der Waals surface area contributed by atoms with E-state index in [1.54, 1.807) is 6.07 Å². The Morgan fingerprint density at radius 1 is 1.12 bits per heavy atom. The molecule has 1 amide bonds. The van der Waals surface area contributed by atoms with E-state index in [9.17, 15) is 4.79 Å². The van der Waals surface area contributed by atoms with E-state index in [0.717, 1.165) is 30.8 Å². The van der Waals surface area contributed by atoms with Crippen molar-refractivity contribution in [3.8, 4) is 5.75 Å². The molecule has 0 saturated carbocycles. The summed E-state index contributed by atoms with van der Waals surface area (Å²) in [5.74, 6) is 0.814. The monoisotopic (exact) mass is 336 g/mol. The molecule has 2 atom stereocenters. The number of nitrogens with two attached hydrogens (primary N) is 1. The summed E-state index contributed by atoms with van der Waals surface area (Å²) in [5, 5.41) is 0. The van der Waals surface area contributed by atoms with Crippen molar-refractivity contribution in [1.29, 1.82) is 0 Å². The van der Waals surface area contributed by atoms with Crippen LogP contribution in [0.2, 0.25) is 0 Å². The lowest BCUT2D eigenvalue weighted by atomic mass is 9.82. The number of hydrogen-bond acceptors (Lipinski definition) is 3. The summed E-state index contributed by atoms with van der Waals surface area (Å²) in [6.45, 7) is 2.97. The van der Waals surface area contributed by atoms with E-state index in [0.29, 0.717) is 24.1 Å². The third kappa shape index (κ3) is 3.27. The first kappa shape index (κ1) is 16.2. The van der Waals surface area contributed by atoms with E-state index in [-0.39, 0.29) is 5.91 Å². The molecule has 0 bridgehead atoms. The maximum Gasteiger partial charge on any atom is 0.248 e. The van der Waals surface area contributed by atoms with Gasteiger partial charge in [-0.1, -0.05) is 30.3 Å². The highest BCUT2D eigenvalue weighted by atomic mass is 16.5. The Hall–Kier alpha value is -2.33. The zero-order valence-corrected chi connectivity index (χ0v) is 14.4. The van der Waals surface area contributed by atoms with Crippen molar-refractivity contribution in [1.82, 2.24) is 4.90 Å². The molecule has 2 aliphatic heterocycles. The van der Waals surface area contributed by atoms with E-state index >= 15 is 0 Å². The van der Waals surface area contributed by atoms with Crippen LogP contribution in [-0.4, -0.2) is 36.5 Å². The molecule has 0 spiro atoms. The van der Waals surface area contributed by atoms with Gasteiger partial charge >= 0.3 is 0 Å². The number of carbonyl (C=O) groups excluding carboxylic acids is 1. The number of likely N-dealkylation sites (tertiary alicyclic amines) is 1. The fourth-order valence-electron chi connectivity index (χ4n) is 4.17. The molecule has 2 unspecified atom stereocenters. The molecular weight excluding hydrogens is 312 g/mol. The van der Waals surface area contributed by atoms with Crippen LogP contribution in [0.15, 0.2) is 48.5 Å². The molecule has 2 heterocycles. The SMILES string of the molecule is NC(=O)c1ccc2c(c1)C(Cc1ccccc1)C(N1CCCC1)CO2. The fraction of sp³-hybridized carbons (Fsp3) is 0.381. The highest BCUT2D eigenvalue weighted by Gasteiger charge is 2.36. The normalized spacial score (nSPS) is 23.0. The number of carbonyl (C=O) groups is 1. The maximum absolute atomic E-state index is 11.7. The van der Waals surface area contributed by atoms with Gasteiger partial charge in [-0.05, 0) is 56.1 Å². The van der Waals surface area contributed by atoms with Crippen molar-refractivity contribution in [2.45, 2.75) is 31.2 Å². The Labute approximate surface area is 148 Å². The van der Waals surface area contributed by atoms with E-state index in [2.05, 4.69) is 29.2 Å². The van der Waals surface area contributed by atoms with Gasteiger partial charge in [-0.3, -0.25) is 9.69 Å². The zero-order chi connectivity index (χ0) is 17.2. The predicted octanol–water partition coefficient (Wildman–Crippen LogP) is 2.97. The Kier molecular flexibility index (Phi) is 4.45. The van der Waals surface area contributed by atoms with Crippen molar-refractivity contribution >= 4 is 5.91 Å². The molecule has 4 heteroatoms. The molecule has 130 valence electrons. The molecule has 2 aromatic rings. The molecule has 1 fully saturated rings. The molecule has 2 N–H and O–H groups in total. The Balaban J connectivity index is 1.72. The summed E-state index contributed by atoms with van der Waals surface area (Å²) >= 11 is 0. The lowest BCUT2D eigenvalue weighted by Gasteiger charge is -2.39.